The molecular formula is C21H20BN. The molecule has 2 N–H and O–H groups in total. The first-order valence-corrected chi connectivity index (χ1v) is 7.95. The summed E-state index contributed by atoms with van der Waals surface area (Å²) in [6.45, 7) is 0.712. The second-order valence-corrected chi connectivity index (χ2v) is 5.52. The maximum atomic E-state index is 5.88. The summed E-state index contributed by atoms with van der Waals surface area (Å²) in [5, 5.41) is 0. The molecule has 0 fully saturated rings. The molecular weight excluding hydrogens is 277 g/mol. The van der Waals surface area contributed by atoms with Crippen LogP contribution in [0.5, 0.6) is 0 Å². The van der Waals surface area contributed by atoms with E-state index in [9.17, 15) is 0 Å². The average Bonchev–Trinajstić information content (AvgIpc) is 2.64. The van der Waals surface area contributed by atoms with Crippen molar-refractivity contribution in [2.75, 3.05) is 6.54 Å². The second kappa shape index (κ2) is 7.62. The number of hydrogen-bond donors (Lipinski definition) is 1. The summed E-state index contributed by atoms with van der Waals surface area (Å²) >= 11 is 0. The predicted octanol–water partition coefficient (Wildman–Crippen LogP) is 2.88. The minimum absolute atomic E-state index is 0.184. The van der Waals surface area contributed by atoms with Gasteiger partial charge in [-0.25, -0.2) is 0 Å². The molecule has 0 amide bonds. The molecule has 23 heavy (non-hydrogen) atoms. The van der Waals surface area contributed by atoms with Gasteiger partial charge in [0.05, 0.1) is 0 Å². The lowest BCUT2D eigenvalue weighted by molar-refractivity contribution is 1.26. The number of nitrogens with two attached hydrogens (primary N) is 1. The Kier molecular flexibility index (Phi) is 5.07. The van der Waals surface area contributed by atoms with Crippen LogP contribution < -0.4 is 16.7 Å². The number of benzene rings is 3. The fraction of sp³-hybridized carbons (Fsp3) is 0.0476. The Morgan fingerprint density at radius 2 is 1.13 bits per heavy atom. The minimum atomic E-state index is 0.184. The van der Waals surface area contributed by atoms with Crippen molar-refractivity contribution in [1.29, 1.82) is 0 Å². The van der Waals surface area contributed by atoms with Crippen molar-refractivity contribution >= 4 is 23.1 Å². The van der Waals surface area contributed by atoms with E-state index >= 15 is 0 Å². The van der Waals surface area contributed by atoms with Gasteiger partial charge in [0.2, 0.25) is 6.71 Å². The van der Waals surface area contributed by atoms with Crippen LogP contribution in [0.4, 0.5) is 0 Å². The van der Waals surface area contributed by atoms with Gasteiger partial charge in [0.15, 0.2) is 0 Å². The first-order valence-electron chi connectivity index (χ1n) is 7.95. The van der Waals surface area contributed by atoms with Crippen molar-refractivity contribution in [2.24, 2.45) is 5.73 Å². The van der Waals surface area contributed by atoms with E-state index in [4.69, 9.17) is 5.73 Å². The van der Waals surface area contributed by atoms with Crippen LogP contribution in [0.3, 0.4) is 0 Å². The van der Waals surface area contributed by atoms with Gasteiger partial charge in [-0.05, 0) is 5.56 Å². The lowest BCUT2D eigenvalue weighted by Gasteiger charge is -2.19. The standard InChI is InChI=1S/C21H20BN/c23-17-16-21(18-10-4-1-5-11-18)22(19-12-6-2-7-13-19)20-14-8-3-9-15-20/h1-16H,17,23H2/b21-16-. The number of rotatable bonds is 5. The molecule has 3 rings (SSSR count). The Balaban J connectivity index is 2.16. The van der Waals surface area contributed by atoms with E-state index in [1.54, 1.807) is 0 Å². The van der Waals surface area contributed by atoms with E-state index in [0.717, 1.165) is 0 Å². The van der Waals surface area contributed by atoms with Crippen LogP contribution in [0.2, 0.25) is 0 Å². The van der Waals surface area contributed by atoms with Crippen molar-refractivity contribution in [3.8, 4) is 0 Å². The summed E-state index contributed by atoms with van der Waals surface area (Å²) < 4.78 is 0. The monoisotopic (exact) mass is 297 g/mol. The average molecular weight is 297 g/mol. The molecule has 0 saturated carbocycles. The van der Waals surface area contributed by atoms with Crippen LogP contribution in [0.1, 0.15) is 5.56 Å². The Hall–Kier alpha value is -2.58. The zero-order valence-corrected chi connectivity index (χ0v) is 13.1. The van der Waals surface area contributed by atoms with Crippen LogP contribution >= 0.6 is 0 Å². The fourth-order valence-electron chi connectivity index (χ4n) is 3.00. The summed E-state index contributed by atoms with van der Waals surface area (Å²) in [7, 11) is 0. The maximum Gasteiger partial charge on any atom is 0.241 e. The molecule has 0 bridgehead atoms. The van der Waals surface area contributed by atoms with Crippen LogP contribution in [0, 0.1) is 0 Å². The summed E-state index contributed by atoms with van der Waals surface area (Å²) in [4.78, 5) is 0. The first kappa shape index (κ1) is 15.3. The molecule has 0 saturated heterocycles. The quantitative estimate of drug-likeness (QED) is 0.720. The topological polar surface area (TPSA) is 26.0 Å². The molecule has 0 heterocycles. The van der Waals surface area contributed by atoms with Crippen molar-refractivity contribution in [2.45, 2.75) is 0 Å². The summed E-state index contributed by atoms with van der Waals surface area (Å²) in [6, 6.07) is 31.7. The highest BCUT2D eigenvalue weighted by Gasteiger charge is 2.24. The predicted molar refractivity (Wildman–Crippen MR) is 101 cm³/mol. The van der Waals surface area contributed by atoms with E-state index in [-0.39, 0.29) is 6.71 Å². The van der Waals surface area contributed by atoms with Crippen molar-refractivity contribution in [1.82, 2.24) is 0 Å². The van der Waals surface area contributed by atoms with Gasteiger partial charge in [0.1, 0.15) is 0 Å². The van der Waals surface area contributed by atoms with Gasteiger partial charge in [0, 0.05) is 6.54 Å². The van der Waals surface area contributed by atoms with Crippen molar-refractivity contribution < 1.29 is 0 Å². The van der Waals surface area contributed by atoms with Crippen LogP contribution in [0.25, 0.3) is 5.47 Å². The molecule has 1 nitrogen and oxygen atoms in total. The van der Waals surface area contributed by atoms with Crippen molar-refractivity contribution in [3.63, 3.8) is 0 Å². The van der Waals surface area contributed by atoms with Crippen LogP contribution in [0.15, 0.2) is 97.1 Å². The molecule has 3 aromatic carbocycles. The van der Waals surface area contributed by atoms with E-state index in [2.05, 4.69) is 91.0 Å². The van der Waals surface area contributed by atoms with Crippen molar-refractivity contribution in [3.05, 3.63) is 103 Å². The summed E-state index contributed by atoms with van der Waals surface area (Å²) in [5.41, 5.74) is 10.9. The molecule has 0 aliphatic carbocycles. The summed E-state index contributed by atoms with van der Waals surface area (Å²) in [5.74, 6) is 0. The highest BCUT2D eigenvalue weighted by atomic mass is 14.5. The molecule has 3 aromatic rings. The molecule has 0 aliphatic heterocycles. The van der Waals surface area contributed by atoms with Gasteiger partial charge in [-0.1, -0.05) is 113 Å². The first-order chi connectivity index (χ1) is 11.4. The highest BCUT2D eigenvalue weighted by Crippen LogP contribution is 2.17. The van der Waals surface area contributed by atoms with Crippen LogP contribution in [-0.4, -0.2) is 13.3 Å². The smallest absolute Gasteiger partial charge is 0.241 e. The lowest BCUT2D eigenvalue weighted by Crippen LogP contribution is -2.43. The second-order valence-electron chi connectivity index (χ2n) is 5.52. The molecule has 0 aromatic heterocycles. The zero-order chi connectivity index (χ0) is 15.9. The Morgan fingerprint density at radius 1 is 0.696 bits per heavy atom. The minimum Gasteiger partial charge on any atom is -0.327 e. The maximum absolute atomic E-state index is 5.88. The van der Waals surface area contributed by atoms with Gasteiger partial charge < -0.3 is 5.73 Å². The largest absolute Gasteiger partial charge is 0.327 e. The zero-order valence-electron chi connectivity index (χ0n) is 13.1. The Bertz CT molecular complexity index is 712. The molecule has 0 radical (unpaired) electrons. The molecule has 0 aliphatic rings. The Labute approximate surface area is 138 Å². The van der Waals surface area contributed by atoms with E-state index in [0.29, 0.717) is 6.54 Å². The third-order valence-electron chi connectivity index (χ3n) is 4.02. The fourth-order valence-corrected chi connectivity index (χ4v) is 3.00. The van der Waals surface area contributed by atoms with E-state index in [1.807, 2.05) is 6.07 Å². The van der Waals surface area contributed by atoms with E-state index < -0.39 is 0 Å². The molecule has 0 unspecified atom stereocenters. The molecule has 0 atom stereocenters. The van der Waals surface area contributed by atoms with Crippen LogP contribution in [-0.2, 0) is 0 Å². The van der Waals surface area contributed by atoms with Gasteiger partial charge in [-0.15, -0.1) is 0 Å². The van der Waals surface area contributed by atoms with Gasteiger partial charge in [-0.2, -0.15) is 0 Å². The third kappa shape index (κ3) is 3.61. The highest BCUT2D eigenvalue weighted by molar-refractivity contribution is 6.99. The molecule has 0 spiro atoms. The van der Waals surface area contributed by atoms with Gasteiger partial charge >= 0.3 is 0 Å². The SMILES string of the molecule is NC/C=C(\B(c1ccccc1)c1ccccc1)c1ccccc1. The molecule has 2 heteroatoms. The van der Waals surface area contributed by atoms with E-state index in [1.165, 1.54) is 22.0 Å². The number of hydrogen-bond acceptors (Lipinski definition) is 1. The normalized spacial score (nSPS) is 11.3. The van der Waals surface area contributed by atoms with Gasteiger partial charge in [-0.3, -0.25) is 0 Å². The Morgan fingerprint density at radius 3 is 1.57 bits per heavy atom. The molecule has 112 valence electrons. The summed E-state index contributed by atoms with van der Waals surface area (Å²) in [6.07, 6.45) is 2.14. The lowest BCUT2D eigenvalue weighted by atomic mass is 9.35. The van der Waals surface area contributed by atoms with Gasteiger partial charge in [0.25, 0.3) is 0 Å². The third-order valence-corrected chi connectivity index (χ3v) is 4.02.